The number of hydrogen-bond acceptors (Lipinski definition) is 3. The molecule has 88 valence electrons. The number of nitrogens with two attached hydrogens (primary N) is 1. The third-order valence-electron chi connectivity index (χ3n) is 3.51. The van der Waals surface area contributed by atoms with Crippen molar-refractivity contribution in [2.75, 3.05) is 5.73 Å². The Morgan fingerprint density at radius 1 is 1.53 bits per heavy atom. The van der Waals surface area contributed by atoms with E-state index in [2.05, 4.69) is 21.5 Å². The Morgan fingerprint density at radius 2 is 2.41 bits per heavy atom. The largest absolute Gasteiger partial charge is 0.384 e. The molecule has 4 heteroatoms. The van der Waals surface area contributed by atoms with Crippen molar-refractivity contribution in [3.8, 4) is 11.3 Å². The van der Waals surface area contributed by atoms with Crippen molar-refractivity contribution in [1.82, 2.24) is 14.5 Å². The lowest BCUT2D eigenvalue weighted by Crippen LogP contribution is -1.98. The maximum absolute atomic E-state index is 5.72. The van der Waals surface area contributed by atoms with Crippen LogP contribution in [0.1, 0.15) is 25.8 Å². The molecule has 0 aromatic carbocycles. The molecule has 2 atom stereocenters. The Balaban J connectivity index is 1.96. The monoisotopic (exact) mass is 228 g/mol. The van der Waals surface area contributed by atoms with E-state index in [0.717, 1.165) is 17.2 Å². The van der Waals surface area contributed by atoms with Crippen LogP contribution in [0.5, 0.6) is 0 Å². The molecule has 2 heterocycles. The van der Waals surface area contributed by atoms with Crippen LogP contribution in [0.25, 0.3) is 11.3 Å². The summed E-state index contributed by atoms with van der Waals surface area (Å²) in [6.07, 6.45) is 8.07. The van der Waals surface area contributed by atoms with Crippen molar-refractivity contribution >= 4 is 5.82 Å². The number of pyridine rings is 1. The van der Waals surface area contributed by atoms with Gasteiger partial charge in [0.1, 0.15) is 5.82 Å². The molecule has 0 saturated heterocycles. The van der Waals surface area contributed by atoms with Crippen LogP contribution in [0, 0.1) is 5.92 Å². The summed E-state index contributed by atoms with van der Waals surface area (Å²) < 4.78 is 2.27. The van der Waals surface area contributed by atoms with Crippen LogP contribution < -0.4 is 5.73 Å². The van der Waals surface area contributed by atoms with Gasteiger partial charge < -0.3 is 10.3 Å². The predicted octanol–water partition coefficient (Wildman–Crippen LogP) is 2.50. The quantitative estimate of drug-likeness (QED) is 0.878. The van der Waals surface area contributed by atoms with Gasteiger partial charge in [0, 0.05) is 17.8 Å². The standard InChI is InChI=1S/C13H16N4/c1-2-9-5-11(9)17-8-15-7-12(17)10-3-4-16-13(14)6-10/h3-4,6-9,11H,2,5H2,1H3,(H2,14,16). The van der Waals surface area contributed by atoms with E-state index in [4.69, 9.17) is 5.73 Å². The van der Waals surface area contributed by atoms with Gasteiger partial charge in [0.05, 0.1) is 18.2 Å². The average Bonchev–Trinajstić information content (AvgIpc) is 2.96. The number of aromatic nitrogens is 3. The van der Waals surface area contributed by atoms with Crippen LogP contribution in [-0.4, -0.2) is 14.5 Å². The van der Waals surface area contributed by atoms with E-state index >= 15 is 0 Å². The van der Waals surface area contributed by atoms with Gasteiger partial charge in [0.25, 0.3) is 0 Å². The number of nitrogen functional groups attached to an aromatic ring is 1. The summed E-state index contributed by atoms with van der Waals surface area (Å²) in [5, 5.41) is 0. The summed E-state index contributed by atoms with van der Waals surface area (Å²) >= 11 is 0. The molecule has 1 fully saturated rings. The van der Waals surface area contributed by atoms with E-state index in [9.17, 15) is 0 Å². The molecule has 1 saturated carbocycles. The Morgan fingerprint density at radius 3 is 3.12 bits per heavy atom. The SMILES string of the molecule is CCC1CC1n1cncc1-c1ccnc(N)c1. The molecule has 0 spiro atoms. The lowest BCUT2D eigenvalue weighted by molar-refractivity contribution is 0.645. The van der Waals surface area contributed by atoms with E-state index in [1.165, 1.54) is 12.8 Å². The normalized spacial score (nSPS) is 22.6. The Labute approximate surface area is 101 Å². The molecular formula is C13H16N4. The highest BCUT2D eigenvalue weighted by molar-refractivity contribution is 5.62. The van der Waals surface area contributed by atoms with Crippen LogP contribution in [-0.2, 0) is 0 Å². The zero-order valence-corrected chi connectivity index (χ0v) is 9.87. The first kappa shape index (κ1) is 10.3. The number of hydrogen-bond donors (Lipinski definition) is 1. The molecule has 4 nitrogen and oxygen atoms in total. The molecule has 2 N–H and O–H groups in total. The van der Waals surface area contributed by atoms with Crippen molar-refractivity contribution in [3.05, 3.63) is 30.9 Å². The second-order valence-corrected chi connectivity index (χ2v) is 4.63. The molecule has 0 radical (unpaired) electrons. The van der Waals surface area contributed by atoms with Gasteiger partial charge in [-0.3, -0.25) is 0 Å². The second-order valence-electron chi connectivity index (χ2n) is 4.63. The number of anilines is 1. The van der Waals surface area contributed by atoms with Crippen LogP contribution in [0.3, 0.4) is 0 Å². The van der Waals surface area contributed by atoms with E-state index < -0.39 is 0 Å². The zero-order valence-electron chi connectivity index (χ0n) is 9.87. The predicted molar refractivity (Wildman–Crippen MR) is 67.3 cm³/mol. The van der Waals surface area contributed by atoms with Crippen LogP contribution >= 0.6 is 0 Å². The van der Waals surface area contributed by atoms with Gasteiger partial charge in [-0.2, -0.15) is 0 Å². The first-order valence-electron chi connectivity index (χ1n) is 6.03. The van der Waals surface area contributed by atoms with Crippen LogP contribution in [0.4, 0.5) is 5.82 Å². The number of imidazole rings is 1. The third-order valence-corrected chi connectivity index (χ3v) is 3.51. The van der Waals surface area contributed by atoms with E-state index in [0.29, 0.717) is 11.9 Å². The van der Waals surface area contributed by atoms with Gasteiger partial charge >= 0.3 is 0 Å². The van der Waals surface area contributed by atoms with Crippen molar-refractivity contribution in [3.63, 3.8) is 0 Å². The molecule has 1 aliphatic carbocycles. The molecule has 0 aliphatic heterocycles. The van der Waals surface area contributed by atoms with Gasteiger partial charge in [-0.1, -0.05) is 13.3 Å². The number of nitrogens with zero attached hydrogens (tertiary/aromatic N) is 3. The smallest absolute Gasteiger partial charge is 0.123 e. The van der Waals surface area contributed by atoms with Gasteiger partial charge in [-0.25, -0.2) is 9.97 Å². The highest BCUT2D eigenvalue weighted by Crippen LogP contribution is 2.47. The third kappa shape index (κ3) is 1.79. The minimum absolute atomic E-state index is 0.554. The summed E-state index contributed by atoms with van der Waals surface area (Å²) in [7, 11) is 0. The topological polar surface area (TPSA) is 56.7 Å². The fourth-order valence-electron chi connectivity index (χ4n) is 2.41. The molecule has 1 aliphatic rings. The number of rotatable bonds is 3. The maximum atomic E-state index is 5.72. The molecule has 2 unspecified atom stereocenters. The van der Waals surface area contributed by atoms with Crippen LogP contribution in [0.15, 0.2) is 30.9 Å². The molecule has 2 aromatic rings. The zero-order chi connectivity index (χ0) is 11.8. The second kappa shape index (κ2) is 3.87. The summed E-state index contributed by atoms with van der Waals surface area (Å²) in [5.41, 5.74) is 7.95. The fraction of sp³-hybridized carbons (Fsp3) is 0.385. The Bertz CT molecular complexity index is 532. The summed E-state index contributed by atoms with van der Waals surface area (Å²) in [6, 6.07) is 4.50. The molecule has 0 amide bonds. The first-order valence-corrected chi connectivity index (χ1v) is 6.03. The lowest BCUT2D eigenvalue weighted by atomic mass is 10.2. The Kier molecular flexibility index (Phi) is 2.35. The molecule has 17 heavy (non-hydrogen) atoms. The molecule has 2 aromatic heterocycles. The van der Waals surface area contributed by atoms with E-state index in [1.807, 2.05) is 24.7 Å². The van der Waals surface area contributed by atoms with Crippen molar-refractivity contribution in [2.24, 2.45) is 5.92 Å². The van der Waals surface area contributed by atoms with E-state index in [-0.39, 0.29) is 0 Å². The highest BCUT2D eigenvalue weighted by atomic mass is 15.1. The fourth-order valence-corrected chi connectivity index (χ4v) is 2.41. The van der Waals surface area contributed by atoms with Gasteiger partial charge in [-0.05, 0) is 24.5 Å². The minimum atomic E-state index is 0.554. The van der Waals surface area contributed by atoms with Crippen molar-refractivity contribution in [2.45, 2.75) is 25.8 Å². The maximum Gasteiger partial charge on any atom is 0.123 e. The highest BCUT2D eigenvalue weighted by Gasteiger charge is 2.37. The molecule has 3 rings (SSSR count). The van der Waals surface area contributed by atoms with Gasteiger partial charge in [0.2, 0.25) is 0 Å². The summed E-state index contributed by atoms with van der Waals surface area (Å²) in [5.74, 6) is 1.36. The summed E-state index contributed by atoms with van der Waals surface area (Å²) in [4.78, 5) is 8.28. The minimum Gasteiger partial charge on any atom is -0.384 e. The average molecular weight is 228 g/mol. The van der Waals surface area contributed by atoms with Crippen LogP contribution in [0.2, 0.25) is 0 Å². The van der Waals surface area contributed by atoms with Crippen molar-refractivity contribution < 1.29 is 0 Å². The lowest BCUT2D eigenvalue weighted by Gasteiger charge is -2.07. The van der Waals surface area contributed by atoms with E-state index in [1.54, 1.807) is 6.20 Å². The van der Waals surface area contributed by atoms with Gasteiger partial charge in [-0.15, -0.1) is 0 Å². The van der Waals surface area contributed by atoms with Crippen molar-refractivity contribution in [1.29, 1.82) is 0 Å². The Hall–Kier alpha value is -1.84. The molecular weight excluding hydrogens is 212 g/mol. The summed E-state index contributed by atoms with van der Waals surface area (Å²) in [6.45, 7) is 2.24. The molecule has 0 bridgehead atoms. The van der Waals surface area contributed by atoms with Gasteiger partial charge in [0.15, 0.2) is 0 Å². The first-order chi connectivity index (χ1) is 8.29.